The van der Waals surface area contributed by atoms with Crippen LogP contribution in [0.4, 0.5) is 5.69 Å². The largest absolute Gasteiger partial charge is 0.461 e. The number of furan rings is 1. The number of carbonyl (C=O) groups excluding carboxylic acids is 1. The number of rotatable bonds is 4. The Balaban J connectivity index is 1.98. The molecule has 2 heterocycles. The number of benzene rings is 1. The highest BCUT2D eigenvalue weighted by Gasteiger charge is 2.20. The molecule has 1 aromatic carbocycles. The summed E-state index contributed by atoms with van der Waals surface area (Å²) in [7, 11) is 0. The molecule has 0 aliphatic carbocycles. The number of nitrogens with zero attached hydrogens (tertiary/aromatic N) is 2. The zero-order chi connectivity index (χ0) is 18.0. The van der Waals surface area contributed by atoms with E-state index in [1.807, 2.05) is 45.2 Å². The molecule has 0 atom stereocenters. The number of hydrogen-bond acceptors (Lipinski definition) is 5. The maximum atomic E-state index is 12.8. The number of aryl methyl sites for hydroxylation is 2. The zero-order valence-corrected chi connectivity index (χ0v) is 15.4. The molecule has 0 bridgehead atoms. The van der Waals surface area contributed by atoms with Gasteiger partial charge >= 0.3 is 0 Å². The smallest absolute Gasteiger partial charge is 0.260 e. The molecule has 0 saturated carbocycles. The average Bonchev–Trinajstić information content (AvgIpc) is 3.12. The van der Waals surface area contributed by atoms with Crippen LogP contribution in [0.15, 0.2) is 46.0 Å². The first-order valence-corrected chi connectivity index (χ1v) is 9.07. The number of nitrogens with one attached hydrogen (secondary N) is 1. The number of thioether (sulfide) groups is 1. The molecule has 0 aliphatic rings. The number of amides is 1. The molecule has 0 aliphatic heterocycles. The Labute approximate surface area is 150 Å². The maximum Gasteiger partial charge on any atom is 0.260 e. The van der Waals surface area contributed by atoms with Gasteiger partial charge in [0.15, 0.2) is 11.6 Å². The molecule has 1 N–H and O–H groups in total. The van der Waals surface area contributed by atoms with Gasteiger partial charge < -0.3 is 9.73 Å². The molecule has 0 radical (unpaired) electrons. The van der Waals surface area contributed by atoms with Gasteiger partial charge in [-0.15, -0.1) is 11.8 Å². The van der Waals surface area contributed by atoms with Crippen LogP contribution in [0.2, 0.25) is 0 Å². The van der Waals surface area contributed by atoms with Gasteiger partial charge in [-0.05, 0) is 56.4 Å². The number of aromatic nitrogens is 2. The van der Waals surface area contributed by atoms with Gasteiger partial charge in [0.2, 0.25) is 0 Å². The third-order valence-electron chi connectivity index (χ3n) is 4.07. The number of hydrogen-bond donors (Lipinski definition) is 1. The van der Waals surface area contributed by atoms with Crippen LogP contribution in [-0.4, -0.2) is 22.1 Å². The molecule has 25 heavy (non-hydrogen) atoms. The minimum atomic E-state index is -0.207. The van der Waals surface area contributed by atoms with E-state index in [1.165, 1.54) is 11.8 Å². The van der Waals surface area contributed by atoms with Gasteiger partial charge in [-0.3, -0.25) is 4.79 Å². The van der Waals surface area contributed by atoms with Crippen molar-refractivity contribution in [2.24, 2.45) is 0 Å². The van der Waals surface area contributed by atoms with Crippen molar-refractivity contribution in [3.8, 4) is 11.6 Å². The summed E-state index contributed by atoms with van der Waals surface area (Å²) in [5, 5.41) is 3.61. The van der Waals surface area contributed by atoms with E-state index in [0.717, 1.165) is 16.8 Å². The summed E-state index contributed by atoms with van der Waals surface area (Å²) in [6, 6.07) is 9.43. The fourth-order valence-electron chi connectivity index (χ4n) is 2.54. The van der Waals surface area contributed by atoms with Crippen molar-refractivity contribution in [3.63, 3.8) is 0 Å². The van der Waals surface area contributed by atoms with Gasteiger partial charge in [-0.2, -0.15) is 0 Å². The molecule has 5 nitrogen and oxygen atoms in total. The molecular weight excluding hydrogens is 334 g/mol. The van der Waals surface area contributed by atoms with Crippen molar-refractivity contribution in [2.45, 2.75) is 25.8 Å². The van der Waals surface area contributed by atoms with Crippen LogP contribution in [0.3, 0.4) is 0 Å². The minimum absolute atomic E-state index is 0.207. The Kier molecular flexibility index (Phi) is 4.90. The van der Waals surface area contributed by atoms with Crippen molar-refractivity contribution < 1.29 is 9.21 Å². The van der Waals surface area contributed by atoms with Crippen LogP contribution in [0.25, 0.3) is 11.6 Å². The quantitative estimate of drug-likeness (QED) is 0.547. The second-order valence-corrected chi connectivity index (χ2v) is 6.49. The van der Waals surface area contributed by atoms with Gasteiger partial charge in [0.05, 0.1) is 17.5 Å². The molecule has 2 aromatic heterocycles. The van der Waals surface area contributed by atoms with E-state index in [9.17, 15) is 4.79 Å². The van der Waals surface area contributed by atoms with E-state index < -0.39 is 0 Å². The van der Waals surface area contributed by atoms with Crippen LogP contribution >= 0.6 is 11.8 Å². The zero-order valence-electron chi connectivity index (χ0n) is 14.6. The molecular formula is C19H19N3O2S. The van der Waals surface area contributed by atoms with E-state index in [0.29, 0.717) is 27.9 Å². The summed E-state index contributed by atoms with van der Waals surface area (Å²) in [6.07, 6.45) is 3.47. The van der Waals surface area contributed by atoms with Crippen LogP contribution in [0.5, 0.6) is 0 Å². The summed E-state index contributed by atoms with van der Waals surface area (Å²) >= 11 is 1.41. The Morgan fingerprint density at radius 2 is 1.92 bits per heavy atom. The van der Waals surface area contributed by atoms with Crippen LogP contribution in [0, 0.1) is 20.8 Å². The van der Waals surface area contributed by atoms with Gasteiger partial charge in [-0.1, -0.05) is 12.1 Å². The van der Waals surface area contributed by atoms with Crippen LogP contribution in [0.1, 0.15) is 27.2 Å². The van der Waals surface area contributed by atoms with Gasteiger partial charge in [-0.25, -0.2) is 9.97 Å². The lowest BCUT2D eigenvalue weighted by atomic mass is 10.1. The van der Waals surface area contributed by atoms with Crippen molar-refractivity contribution in [3.05, 3.63) is 59.0 Å². The van der Waals surface area contributed by atoms with Crippen molar-refractivity contribution >= 4 is 23.4 Å². The minimum Gasteiger partial charge on any atom is -0.461 e. The standard InChI is InChI=1S/C19H19N3O2S/c1-11-7-5-8-14(12(11)2)21-18(23)16-13(3)20-17(22-19(16)25-4)15-9-6-10-24-15/h5-10H,1-4H3,(H,21,23). The van der Waals surface area contributed by atoms with E-state index in [1.54, 1.807) is 18.4 Å². The summed E-state index contributed by atoms with van der Waals surface area (Å²) in [4.78, 5) is 21.8. The molecule has 128 valence electrons. The topological polar surface area (TPSA) is 68.0 Å². The predicted octanol–water partition coefficient (Wildman–Crippen LogP) is 4.64. The lowest BCUT2D eigenvalue weighted by molar-refractivity contribution is 0.102. The van der Waals surface area contributed by atoms with Gasteiger partial charge in [0.25, 0.3) is 5.91 Å². The molecule has 0 spiro atoms. The monoisotopic (exact) mass is 353 g/mol. The third-order valence-corrected chi connectivity index (χ3v) is 4.75. The van der Waals surface area contributed by atoms with E-state index in [-0.39, 0.29) is 5.91 Å². The first-order chi connectivity index (χ1) is 12.0. The lowest BCUT2D eigenvalue weighted by Crippen LogP contribution is -2.17. The Hall–Kier alpha value is -2.60. The summed E-state index contributed by atoms with van der Waals surface area (Å²) in [5.74, 6) is 0.858. The Morgan fingerprint density at radius 1 is 1.12 bits per heavy atom. The van der Waals surface area contributed by atoms with E-state index >= 15 is 0 Å². The highest BCUT2D eigenvalue weighted by molar-refractivity contribution is 7.98. The molecule has 0 unspecified atom stereocenters. The van der Waals surface area contributed by atoms with Crippen molar-refractivity contribution in [1.29, 1.82) is 0 Å². The predicted molar refractivity (Wildman–Crippen MR) is 100 cm³/mol. The Morgan fingerprint density at radius 3 is 2.60 bits per heavy atom. The van der Waals surface area contributed by atoms with E-state index in [2.05, 4.69) is 15.3 Å². The maximum absolute atomic E-state index is 12.8. The first-order valence-electron chi connectivity index (χ1n) is 7.85. The van der Waals surface area contributed by atoms with Crippen molar-refractivity contribution in [1.82, 2.24) is 9.97 Å². The number of anilines is 1. The van der Waals surface area contributed by atoms with E-state index in [4.69, 9.17) is 4.42 Å². The second-order valence-electron chi connectivity index (χ2n) is 5.70. The Bertz CT molecular complexity index is 921. The highest BCUT2D eigenvalue weighted by atomic mass is 32.2. The first kappa shape index (κ1) is 17.2. The van der Waals surface area contributed by atoms with Crippen molar-refractivity contribution in [2.75, 3.05) is 11.6 Å². The second kappa shape index (κ2) is 7.11. The molecule has 0 fully saturated rings. The summed E-state index contributed by atoms with van der Waals surface area (Å²) < 4.78 is 5.36. The van der Waals surface area contributed by atoms with Crippen LogP contribution in [-0.2, 0) is 0 Å². The van der Waals surface area contributed by atoms with Gasteiger partial charge in [0, 0.05) is 5.69 Å². The lowest BCUT2D eigenvalue weighted by Gasteiger charge is -2.13. The molecule has 3 aromatic rings. The van der Waals surface area contributed by atoms with Crippen LogP contribution < -0.4 is 5.32 Å². The number of carbonyl (C=O) groups is 1. The average molecular weight is 353 g/mol. The summed E-state index contributed by atoms with van der Waals surface area (Å²) in [6.45, 7) is 5.82. The fraction of sp³-hybridized carbons (Fsp3) is 0.211. The highest BCUT2D eigenvalue weighted by Crippen LogP contribution is 2.26. The molecule has 3 rings (SSSR count). The molecule has 1 amide bonds. The SMILES string of the molecule is CSc1nc(-c2ccco2)nc(C)c1C(=O)Nc1cccc(C)c1C. The molecule has 0 saturated heterocycles. The fourth-order valence-corrected chi connectivity index (χ4v) is 3.17. The third kappa shape index (κ3) is 3.44. The summed E-state index contributed by atoms with van der Waals surface area (Å²) in [5.41, 5.74) is 4.08. The molecule has 6 heteroatoms. The van der Waals surface area contributed by atoms with Gasteiger partial charge in [0.1, 0.15) is 5.03 Å². The normalized spacial score (nSPS) is 10.7.